The van der Waals surface area contributed by atoms with Crippen molar-refractivity contribution in [1.29, 1.82) is 0 Å². The van der Waals surface area contributed by atoms with Gasteiger partial charge in [0.2, 0.25) is 0 Å². The molecule has 1 saturated heterocycles. The number of aromatic nitrogens is 1. The molecule has 0 saturated carbocycles. The number of ether oxygens (including phenoxy) is 2. The number of Topliss-reactive ketones (excluding diaryl/α,β-unsaturated/α-hetero) is 1. The molecule has 7 nitrogen and oxygen atoms in total. The number of hydrogen-bond acceptors (Lipinski definition) is 5. The number of aromatic amines is 1. The van der Waals surface area contributed by atoms with Crippen LogP contribution in [-0.4, -0.2) is 35.0 Å². The minimum absolute atomic E-state index is 0.00127. The van der Waals surface area contributed by atoms with Crippen LogP contribution in [0.2, 0.25) is 0 Å². The average Bonchev–Trinajstić information content (AvgIpc) is 3.43. The van der Waals surface area contributed by atoms with Crippen LogP contribution in [0, 0.1) is 6.92 Å². The van der Waals surface area contributed by atoms with Crippen LogP contribution in [0.4, 0.5) is 5.69 Å². The molecule has 1 aliphatic rings. The molecule has 1 aromatic heterocycles. The van der Waals surface area contributed by atoms with Gasteiger partial charge in [-0.25, -0.2) is 0 Å². The number of ketones is 1. The van der Waals surface area contributed by atoms with Gasteiger partial charge < -0.3 is 19.6 Å². The Morgan fingerprint density at radius 2 is 1.76 bits per heavy atom. The summed E-state index contributed by atoms with van der Waals surface area (Å²) in [7, 11) is 0. The Bertz CT molecular complexity index is 1530. The molecule has 5 rings (SSSR count). The molecule has 1 aliphatic heterocycles. The van der Waals surface area contributed by atoms with E-state index in [9.17, 15) is 14.7 Å². The number of fused-ring (bicyclic) bond motifs is 1. The van der Waals surface area contributed by atoms with Crippen molar-refractivity contribution in [1.82, 2.24) is 4.98 Å². The molecule has 2 heterocycles. The van der Waals surface area contributed by atoms with E-state index in [-0.39, 0.29) is 11.3 Å². The molecule has 2 N–H and O–H groups in total. The Morgan fingerprint density at radius 1 is 0.973 bits per heavy atom. The number of benzene rings is 3. The fourth-order valence-corrected chi connectivity index (χ4v) is 4.87. The highest BCUT2D eigenvalue weighted by Crippen LogP contribution is 2.45. The quantitative estimate of drug-likeness (QED) is 0.189. The van der Waals surface area contributed by atoms with Crippen molar-refractivity contribution in [3.63, 3.8) is 0 Å². The highest BCUT2D eigenvalue weighted by atomic mass is 16.5. The summed E-state index contributed by atoms with van der Waals surface area (Å²) < 4.78 is 11.4. The van der Waals surface area contributed by atoms with Gasteiger partial charge in [0.25, 0.3) is 11.7 Å². The molecule has 188 valence electrons. The van der Waals surface area contributed by atoms with Gasteiger partial charge in [-0.15, -0.1) is 0 Å². The molecule has 7 heteroatoms. The first-order valence-corrected chi connectivity index (χ1v) is 12.3. The Labute approximate surface area is 214 Å². The minimum atomic E-state index is -0.848. The van der Waals surface area contributed by atoms with Crippen LogP contribution in [0.15, 0.2) is 78.5 Å². The molecule has 1 amide bonds. The average molecular weight is 497 g/mol. The van der Waals surface area contributed by atoms with E-state index >= 15 is 0 Å². The summed E-state index contributed by atoms with van der Waals surface area (Å²) in [6.07, 6.45) is 1.79. The van der Waals surface area contributed by atoms with Gasteiger partial charge in [-0.05, 0) is 56.7 Å². The number of para-hydroxylation sites is 1. The van der Waals surface area contributed by atoms with Gasteiger partial charge in [0.1, 0.15) is 17.3 Å². The van der Waals surface area contributed by atoms with Crippen LogP contribution < -0.4 is 14.4 Å². The third kappa shape index (κ3) is 4.22. The van der Waals surface area contributed by atoms with Gasteiger partial charge in [0.15, 0.2) is 0 Å². The summed E-state index contributed by atoms with van der Waals surface area (Å²) in [5.41, 5.74) is 3.42. The van der Waals surface area contributed by atoms with E-state index in [4.69, 9.17) is 9.47 Å². The van der Waals surface area contributed by atoms with Gasteiger partial charge >= 0.3 is 0 Å². The lowest BCUT2D eigenvalue weighted by atomic mass is 9.94. The largest absolute Gasteiger partial charge is 0.507 e. The number of carbonyl (C=O) groups is 2. The van der Waals surface area contributed by atoms with E-state index in [1.54, 1.807) is 30.5 Å². The maximum Gasteiger partial charge on any atom is 0.300 e. The molecular weight excluding hydrogens is 468 g/mol. The first kappa shape index (κ1) is 24.2. The summed E-state index contributed by atoms with van der Waals surface area (Å²) >= 11 is 0. The predicted octanol–water partition coefficient (Wildman–Crippen LogP) is 5.90. The van der Waals surface area contributed by atoms with Crippen molar-refractivity contribution in [2.45, 2.75) is 26.8 Å². The number of aliphatic hydroxyl groups is 1. The zero-order valence-corrected chi connectivity index (χ0v) is 20.9. The van der Waals surface area contributed by atoms with E-state index in [0.717, 1.165) is 16.5 Å². The summed E-state index contributed by atoms with van der Waals surface area (Å²) in [6.45, 7) is 6.45. The first-order chi connectivity index (χ1) is 17.9. The maximum absolute atomic E-state index is 13.6. The monoisotopic (exact) mass is 496 g/mol. The SMILES string of the molecule is CCOc1ccc(/C(O)=C2\C(=O)C(=O)N(c3cccc(C)c3)C2c2c[nH]c3ccccc23)c(OCC)c1. The lowest BCUT2D eigenvalue weighted by Crippen LogP contribution is -2.29. The lowest BCUT2D eigenvalue weighted by Gasteiger charge is -2.25. The number of aliphatic hydroxyl groups excluding tert-OH is 1. The van der Waals surface area contributed by atoms with Crippen LogP contribution >= 0.6 is 0 Å². The predicted molar refractivity (Wildman–Crippen MR) is 143 cm³/mol. The molecule has 1 fully saturated rings. The molecule has 3 aromatic carbocycles. The number of hydrogen-bond donors (Lipinski definition) is 2. The second-order valence-electron chi connectivity index (χ2n) is 8.82. The second-order valence-corrected chi connectivity index (χ2v) is 8.82. The van der Waals surface area contributed by atoms with Gasteiger partial charge in [-0.2, -0.15) is 0 Å². The van der Waals surface area contributed by atoms with Gasteiger partial charge in [0.05, 0.1) is 30.4 Å². The van der Waals surface area contributed by atoms with E-state index < -0.39 is 17.7 Å². The number of rotatable bonds is 7. The van der Waals surface area contributed by atoms with E-state index in [2.05, 4.69) is 4.98 Å². The third-order valence-corrected chi connectivity index (χ3v) is 6.46. The van der Waals surface area contributed by atoms with Gasteiger partial charge in [-0.1, -0.05) is 30.3 Å². The second kappa shape index (κ2) is 9.85. The van der Waals surface area contributed by atoms with Crippen molar-refractivity contribution >= 4 is 34.0 Å². The fourth-order valence-electron chi connectivity index (χ4n) is 4.87. The van der Waals surface area contributed by atoms with Crippen molar-refractivity contribution in [2.75, 3.05) is 18.1 Å². The normalized spacial score (nSPS) is 16.9. The van der Waals surface area contributed by atoms with Crippen LogP contribution in [-0.2, 0) is 9.59 Å². The number of amides is 1. The number of aryl methyl sites for hydroxylation is 1. The Hall–Kier alpha value is -4.52. The lowest BCUT2D eigenvalue weighted by molar-refractivity contribution is -0.132. The fraction of sp³-hybridized carbons (Fsp3) is 0.200. The van der Waals surface area contributed by atoms with Crippen molar-refractivity contribution in [2.24, 2.45) is 0 Å². The number of carbonyl (C=O) groups excluding carboxylic acids is 2. The van der Waals surface area contributed by atoms with E-state index in [0.29, 0.717) is 41.5 Å². The number of nitrogens with one attached hydrogen (secondary N) is 1. The molecule has 0 aliphatic carbocycles. The zero-order valence-electron chi connectivity index (χ0n) is 20.9. The summed E-state index contributed by atoms with van der Waals surface area (Å²) in [4.78, 5) is 31.8. The minimum Gasteiger partial charge on any atom is -0.507 e. The summed E-state index contributed by atoms with van der Waals surface area (Å²) in [5.74, 6) is -0.812. The van der Waals surface area contributed by atoms with Crippen molar-refractivity contribution in [3.8, 4) is 11.5 Å². The molecule has 37 heavy (non-hydrogen) atoms. The highest BCUT2D eigenvalue weighted by Gasteiger charge is 2.48. The Balaban J connectivity index is 1.76. The standard InChI is InChI=1S/C30H28N2O5/c1-4-36-20-13-14-22(25(16-20)37-5-2)28(33)26-27(23-17-31-24-12-7-6-11-21(23)24)32(30(35)29(26)34)19-10-8-9-18(3)15-19/h6-17,27,31,33H,4-5H2,1-3H3/b28-26+. The van der Waals surface area contributed by atoms with Crippen molar-refractivity contribution in [3.05, 3.63) is 95.2 Å². The molecule has 0 radical (unpaired) electrons. The number of anilines is 1. The van der Waals surface area contributed by atoms with Crippen LogP contribution in [0.3, 0.4) is 0 Å². The number of nitrogens with zero attached hydrogens (tertiary/aromatic N) is 1. The first-order valence-electron chi connectivity index (χ1n) is 12.3. The summed E-state index contributed by atoms with van der Waals surface area (Å²) in [5, 5.41) is 12.5. The Kier molecular flexibility index (Phi) is 6.44. The van der Waals surface area contributed by atoms with Crippen LogP contribution in [0.1, 0.15) is 36.6 Å². The van der Waals surface area contributed by atoms with Crippen molar-refractivity contribution < 1.29 is 24.2 Å². The van der Waals surface area contributed by atoms with Crippen LogP contribution in [0.5, 0.6) is 11.5 Å². The van der Waals surface area contributed by atoms with E-state index in [1.807, 2.05) is 63.2 Å². The topological polar surface area (TPSA) is 91.9 Å². The number of H-pyrrole nitrogens is 1. The van der Waals surface area contributed by atoms with Gasteiger partial charge in [0, 0.05) is 34.4 Å². The highest BCUT2D eigenvalue weighted by molar-refractivity contribution is 6.52. The zero-order chi connectivity index (χ0) is 26.1. The molecule has 4 aromatic rings. The third-order valence-electron chi connectivity index (χ3n) is 6.46. The molecule has 1 unspecified atom stereocenters. The molecular formula is C30H28N2O5. The Morgan fingerprint density at radius 3 is 2.51 bits per heavy atom. The smallest absolute Gasteiger partial charge is 0.300 e. The molecule has 0 bridgehead atoms. The molecule has 1 atom stereocenters. The van der Waals surface area contributed by atoms with Gasteiger partial charge in [-0.3, -0.25) is 14.5 Å². The maximum atomic E-state index is 13.6. The summed E-state index contributed by atoms with van der Waals surface area (Å²) in [6, 6.07) is 19.3. The molecule has 0 spiro atoms. The van der Waals surface area contributed by atoms with E-state index in [1.165, 1.54) is 4.90 Å². The van der Waals surface area contributed by atoms with Crippen LogP contribution in [0.25, 0.3) is 16.7 Å².